The molecular weight excluding hydrogens is 248 g/mol. The Hall–Kier alpha value is -1.01. The molecular formula is C12H24N4OS. The van der Waals surface area contributed by atoms with Gasteiger partial charge in [-0.05, 0) is 38.8 Å². The Labute approximate surface area is 113 Å². The number of nitrogens with zero attached hydrogens (tertiary/aromatic N) is 2. The van der Waals surface area contributed by atoms with Crippen LogP contribution in [0, 0.1) is 0 Å². The zero-order chi connectivity index (χ0) is 13.5. The second-order valence-corrected chi connectivity index (χ2v) is 5.10. The fraction of sp³-hybridized carbons (Fsp3) is 0.750. The molecule has 18 heavy (non-hydrogen) atoms. The highest BCUT2D eigenvalue weighted by molar-refractivity contribution is 7.11. The molecule has 1 aromatic rings. The SMILES string of the molecule is CCOc1c(N)nsc1NCCN(C)C(C)CC. The van der Waals surface area contributed by atoms with Crippen LogP contribution >= 0.6 is 11.5 Å². The molecule has 1 aromatic heterocycles. The van der Waals surface area contributed by atoms with E-state index in [1.165, 1.54) is 11.5 Å². The Balaban J connectivity index is 2.44. The molecule has 0 saturated carbocycles. The van der Waals surface area contributed by atoms with Crippen LogP contribution in [0.5, 0.6) is 5.75 Å². The Morgan fingerprint density at radius 3 is 2.83 bits per heavy atom. The zero-order valence-corrected chi connectivity index (χ0v) is 12.5. The Morgan fingerprint density at radius 1 is 1.50 bits per heavy atom. The number of ether oxygens (including phenoxy) is 1. The predicted octanol–water partition coefficient (Wildman–Crippen LogP) is 2.27. The van der Waals surface area contributed by atoms with Crippen LogP contribution < -0.4 is 15.8 Å². The van der Waals surface area contributed by atoms with Crippen LogP contribution in [0.1, 0.15) is 27.2 Å². The van der Waals surface area contributed by atoms with E-state index in [0.29, 0.717) is 24.2 Å². The fourth-order valence-corrected chi connectivity index (χ4v) is 2.25. The molecule has 0 aliphatic rings. The first-order valence-corrected chi connectivity index (χ1v) is 7.19. The first-order valence-electron chi connectivity index (χ1n) is 6.42. The lowest BCUT2D eigenvalue weighted by molar-refractivity contribution is 0.261. The van der Waals surface area contributed by atoms with Gasteiger partial charge in [-0.15, -0.1) is 0 Å². The first kappa shape index (κ1) is 15.0. The molecule has 0 amide bonds. The second kappa shape index (κ2) is 7.43. The summed E-state index contributed by atoms with van der Waals surface area (Å²) in [6.07, 6.45) is 1.16. The van der Waals surface area contributed by atoms with Crippen LogP contribution in [0.4, 0.5) is 10.8 Å². The fourth-order valence-electron chi connectivity index (χ4n) is 1.57. The summed E-state index contributed by atoms with van der Waals surface area (Å²) in [7, 11) is 2.14. The summed E-state index contributed by atoms with van der Waals surface area (Å²) in [5, 5.41) is 4.26. The van der Waals surface area contributed by atoms with Gasteiger partial charge in [0, 0.05) is 19.1 Å². The molecule has 0 radical (unpaired) electrons. The summed E-state index contributed by atoms with van der Waals surface area (Å²) >= 11 is 1.35. The van der Waals surface area contributed by atoms with Crippen LogP contribution in [0.2, 0.25) is 0 Å². The molecule has 0 aromatic carbocycles. The lowest BCUT2D eigenvalue weighted by Crippen LogP contribution is -2.32. The Morgan fingerprint density at radius 2 is 2.22 bits per heavy atom. The summed E-state index contributed by atoms with van der Waals surface area (Å²) in [6.45, 7) is 8.82. The summed E-state index contributed by atoms with van der Waals surface area (Å²) in [4.78, 5) is 2.33. The van der Waals surface area contributed by atoms with E-state index in [4.69, 9.17) is 10.5 Å². The third-order valence-corrected chi connectivity index (χ3v) is 3.86. The molecule has 104 valence electrons. The van der Waals surface area contributed by atoms with E-state index < -0.39 is 0 Å². The van der Waals surface area contributed by atoms with Gasteiger partial charge in [-0.2, -0.15) is 4.37 Å². The van der Waals surface area contributed by atoms with Gasteiger partial charge in [0.15, 0.2) is 16.6 Å². The number of hydrogen-bond acceptors (Lipinski definition) is 6. The van der Waals surface area contributed by atoms with E-state index in [9.17, 15) is 0 Å². The molecule has 1 rings (SSSR count). The van der Waals surface area contributed by atoms with Gasteiger partial charge >= 0.3 is 0 Å². The van der Waals surface area contributed by atoms with Crippen molar-refractivity contribution < 1.29 is 4.74 Å². The minimum atomic E-state index is 0.472. The molecule has 0 fully saturated rings. The Bertz CT molecular complexity index is 356. The molecule has 0 saturated heterocycles. The lowest BCUT2D eigenvalue weighted by atomic mass is 10.2. The molecule has 0 spiro atoms. The van der Waals surface area contributed by atoms with E-state index in [2.05, 4.69) is 35.5 Å². The van der Waals surface area contributed by atoms with Gasteiger partial charge in [0.1, 0.15) is 0 Å². The van der Waals surface area contributed by atoms with Crippen molar-refractivity contribution in [3.63, 3.8) is 0 Å². The van der Waals surface area contributed by atoms with E-state index in [1.807, 2.05) is 6.92 Å². The van der Waals surface area contributed by atoms with E-state index in [-0.39, 0.29) is 0 Å². The summed E-state index contributed by atoms with van der Waals surface area (Å²) in [6, 6.07) is 0.602. The quantitative estimate of drug-likeness (QED) is 0.760. The normalized spacial score (nSPS) is 12.7. The van der Waals surface area contributed by atoms with E-state index in [1.54, 1.807) is 0 Å². The van der Waals surface area contributed by atoms with Crippen molar-refractivity contribution in [2.45, 2.75) is 33.2 Å². The van der Waals surface area contributed by atoms with Crippen LogP contribution in [-0.2, 0) is 0 Å². The first-order chi connectivity index (χ1) is 8.60. The second-order valence-electron chi connectivity index (χ2n) is 4.32. The van der Waals surface area contributed by atoms with Gasteiger partial charge in [0.05, 0.1) is 6.61 Å². The molecule has 0 bridgehead atoms. The maximum atomic E-state index is 5.75. The van der Waals surface area contributed by atoms with Crippen molar-refractivity contribution in [2.24, 2.45) is 0 Å². The topological polar surface area (TPSA) is 63.4 Å². The van der Waals surface area contributed by atoms with Crippen molar-refractivity contribution in [1.29, 1.82) is 0 Å². The third-order valence-electron chi connectivity index (χ3n) is 3.06. The van der Waals surface area contributed by atoms with Gasteiger partial charge < -0.3 is 20.7 Å². The van der Waals surface area contributed by atoms with E-state index in [0.717, 1.165) is 24.5 Å². The highest BCUT2D eigenvalue weighted by atomic mass is 32.1. The number of nitrogens with two attached hydrogens (primary N) is 1. The average molecular weight is 272 g/mol. The third kappa shape index (κ3) is 4.03. The number of nitrogen functional groups attached to an aromatic ring is 1. The van der Waals surface area contributed by atoms with Gasteiger partial charge in [-0.25, -0.2) is 0 Å². The van der Waals surface area contributed by atoms with Crippen molar-refractivity contribution in [3.8, 4) is 5.75 Å². The van der Waals surface area contributed by atoms with E-state index >= 15 is 0 Å². The molecule has 3 N–H and O–H groups in total. The van der Waals surface area contributed by atoms with Crippen molar-refractivity contribution >= 4 is 22.4 Å². The highest BCUT2D eigenvalue weighted by Gasteiger charge is 2.12. The lowest BCUT2D eigenvalue weighted by Gasteiger charge is -2.23. The van der Waals surface area contributed by atoms with Crippen LogP contribution in [0.25, 0.3) is 0 Å². The molecule has 6 heteroatoms. The zero-order valence-electron chi connectivity index (χ0n) is 11.7. The number of anilines is 2. The number of likely N-dealkylation sites (N-methyl/N-ethyl adjacent to an activating group) is 1. The highest BCUT2D eigenvalue weighted by Crippen LogP contribution is 2.34. The molecule has 1 heterocycles. The summed E-state index contributed by atoms with van der Waals surface area (Å²) in [5.41, 5.74) is 5.75. The molecule has 0 aliphatic heterocycles. The monoisotopic (exact) mass is 272 g/mol. The molecule has 1 unspecified atom stereocenters. The number of aromatic nitrogens is 1. The minimum absolute atomic E-state index is 0.472. The number of nitrogens with one attached hydrogen (secondary N) is 1. The van der Waals surface area contributed by atoms with Gasteiger partial charge in [0.2, 0.25) is 0 Å². The number of hydrogen-bond donors (Lipinski definition) is 2. The summed E-state index contributed by atoms with van der Waals surface area (Å²) < 4.78 is 9.58. The average Bonchev–Trinajstić information content (AvgIpc) is 2.71. The minimum Gasteiger partial charge on any atom is -0.487 e. The van der Waals surface area contributed by atoms with Gasteiger partial charge in [-0.1, -0.05) is 6.92 Å². The summed E-state index contributed by atoms with van der Waals surface area (Å²) in [5.74, 6) is 1.16. The maximum Gasteiger partial charge on any atom is 0.197 e. The molecule has 1 atom stereocenters. The number of rotatable bonds is 8. The van der Waals surface area contributed by atoms with Gasteiger partial charge in [-0.3, -0.25) is 0 Å². The molecule has 0 aliphatic carbocycles. The Kier molecular flexibility index (Phi) is 6.21. The largest absolute Gasteiger partial charge is 0.487 e. The van der Waals surface area contributed by atoms with Crippen LogP contribution in [0.15, 0.2) is 0 Å². The van der Waals surface area contributed by atoms with Gasteiger partial charge in [0.25, 0.3) is 0 Å². The maximum absolute atomic E-state index is 5.75. The van der Waals surface area contributed by atoms with Crippen LogP contribution in [0.3, 0.4) is 0 Å². The molecule has 5 nitrogen and oxygen atoms in total. The van der Waals surface area contributed by atoms with Crippen molar-refractivity contribution in [2.75, 3.05) is 37.8 Å². The van der Waals surface area contributed by atoms with Crippen molar-refractivity contribution in [1.82, 2.24) is 9.27 Å². The van der Waals surface area contributed by atoms with Crippen LogP contribution in [-0.4, -0.2) is 42.1 Å². The smallest absolute Gasteiger partial charge is 0.197 e. The predicted molar refractivity (Wildman–Crippen MR) is 78.6 cm³/mol. The van der Waals surface area contributed by atoms with Crippen molar-refractivity contribution in [3.05, 3.63) is 0 Å². The standard InChI is InChI=1S/C12H24N4OS/c1-5-9(3)16(4)8-7-14-12-10(17-6-2)11(13)15-18-12/h9,14H,5-8H2,1-4H3,(H2,13,15).